The summed E-state index contributed by atoms with van der Waals surface area (Å²) in [4.78, 5) is 17.2. The van der Waals surface area contributed by atoms with Gasteiger partial charge in [0.05, 0.1) is 29.1 Å². The van der Waals surface area contributed by atoms with Crippen LogP contribution >= 0.6 is 11.3 Å². The van der Waals surface area contributed by atoms with Gasteiger partial charge in [-0.1, -0.05) is 6.92 Å². The topological polar surface area (TPSA) is 102 Å². The van der Waals surface area contributed by atoms with E-state index in [-0.39, 0.29) is 11.9 Å². The Morgan fingerprint density at radius 1 is 1.21 bits per heavy atom. The smallest absolute Gasteiger partial charge is 0.162 e. The lowest BCUT2D eigenvalue weighted by atomic mass is 10.1. The van der Waals surface area contributed by atoms with Crippen molar-refractivity contribution in [3.05, 3.63) is 39.6 Å². The number of aryl methyl sites for hydroxylation is 2. The highest BCUT2D eigenvalue weighted by molar-refractivity contribution is 7.14. The van der Waals surface area contributed by atoms with E-state index in [4.69, 9.17) is 0 Å². The zero-order valence-corrected chi connectivity index (χ0v) is 17.1. The number of aldehydes is 1. The number of nitrogens with zero attached hydrogens (tertiary/aromatic N) is 1. The van der Waals surface area contributed by atoms with Crippen LogP contribution in [0.4, 0.5) is 11.4 Å². The summed E-state index contributed by atoms with van der Waals surface area (Å²) in [7, 11) is 0. The number of aliphatic hydroxyl groups excluding tert-OH is 2. The SMILES string of the molecule is CCC(O)CCc1cc(N=CNc2ccc(O)c(CCC(C)O)c2)c(C=O)s1. The Labute approximate surface area is 169 Å². The number of phenols is 1. The molecule has 2 rings (SSSR count). The van der Waals surface area contributed by atoms with E-state index >= 15 is 0 Å². The van der Waals surface area contributed by atoms with E-state index in [1.165, 1.54) is 17.7 Å². The maximum Gasteiger partial charge on any atom is 0.162 e. The predicted molar refractivity (Wildman–Crippen MR) is 114 cm³/mol. The monoisotopic (exact) mass is 404 g/mol. The van der Waals surface area contributed by atoms with Gasteiger partial charge in [0.25, 0.3) is 0 Å². The number of nitrogens with one attached hydrogen (secondary N) is 1. The van der Waals surface area contributed by atoms with Crippen LogP contribution < -0.4 is 5.32 Å². The van der Waals surface area contributed by atoms with Crippen LogP contribution in [-0.4, -0.2) is 40.2 Å². The van der Waals surface area contributed by atoms with E-state index in [2.05, 4.69) is 10.3 Å². The maximum atomic E-state index is 11.3. The average Bonchev–Trinajstić information content (AvgIpc) is 3.08. The number of carbonyl (C=O) groups excluding carboxylic acids is 1. The van der Waals surface area contributed by atoms with E-state index in [9.17, 15) is 20.1 Å². The molecule has 0 fully saturated rings. The van der Waals surface area contributed by atoms with Gasteiger partial charge in [-0.25, -0.2) is 4.99 Å². The summed E-state index contributed by atoms with van der Waals surface area (Å²) in [5.41, 5.74) is 2.11. The lowest BCUT2D eigenvalue weighted by Gasteiger charge is -2.09. The van der Waals surface area contributed by atoms with Gasteiger partial charge in [-0.3, -0.25) is 4.79 Å². The van der Waals surface area contributed by atoms with E-state index in [0.29, 0.717) is 42.7 Å². The van der Waals surface area contributed by atoms with Gasteiger partial charge in [0.15, 0.2) is 6.29 Å². The number of carbonyl (C=O) groups is 1. The molecular weight excluding hydrogens is 376 g/mol. The fourth-order valence-electron chi connectivity index (χ4n) is 2.68. The summed E-state index contributed by atoms with van der Waals surface area (Å²) in [6.45, 7) is 3.66. The normalized spacial score (nSPS) is 13.6. The number of aliphatic imine (C=N–C) groups is 1. The summed E-state index contributed by atoms with van der Waals surface area (Å²) in [6, 6.07) is 7.03. The molecule has 28 heavy (non-hydrogen) atoms. The number of rotatable bonds is 11. The van der Waals surface area contributed by atoms with Crippen LogP contribution in [0.15, 0.2) is 29.3 Å². The van der Waals surface area contributed by atoms with E-state index in [1.807, 2.05) is 19.1 Å². The molecule has 0 radical (unpaired) electrons. The zero-order chi connectivity index (χ0) is 20.5. The Balaban J connectivity index is 2.03. The van der Waals surface area contributed by atoms with Crippen molar-refractivity contribution in [1.29, 1.82) is 0 Å². The Hall–Kier alpha value is -2.22. The number of hydrogen-bond acceptors (Lipinski definition) is 6. The molecule has 1 aromatic heterocycles. The van der Waals surface area contributed by atoms with Crippen LogP contribution in [0, 0.1) is 0 Å². The van der Waals surface area contributed by atoms with Gasteiger partial charge < -0.3 is 20.6 Å². The van der Waals surface area contributed by atoms with Crippen LogP contribution in [0.3, 0.4) is 0 Å². The maximum absolute atomic E-state index is 11.3. The lowest BCUT2D eigenvalue weighted by molar-refractivity contribution is 0.112. The lowest BCUT2D eigenvalue weighted by Crippen LogP contribution is -2.04. The third-order valence-corrected chi connectivity index (χ3v) is 5.55. The molecule has 0 saturated carbocycles. The standard InChI is InChI=1S/C21H28N2O4S/c1-3-17(26)7-8-18-11-19(21(12-24)28-18)23-13-22-16-6-9-20(27)15(10-16)5-4-14(2)25/h6,9-14,17,25-27H,3-5,7-8H2,1-2H3,(H,22,23). The highest BCUT2D eigenvalue weighted by Crippen LogP contribution is 2.29. The summed E-state index contributed by atoms with van der Waals surface area (Å²) in [5.74, 6) is 0.197. The van der Waals surface area contributed by atoms with Crippen molar-refractivity contribution < 1.29 is 20.1 Å². The number of aromatic hydroxyl groups is 1. The predicted octanol–water partition coefficient (Wildman–Crippen LogP) is 4.06. The minimum atomic E-state index is -0.425. The van der Waals surface area contributed by atoms with Crippen molar-refractivity contribution in [2.24, 2.45) is 4.99 Å². The highest BCUT2D eigenvalue weighted by Gasteiger charge is 2.09. The van der Waals surface area contributed by atoms with E-state index < -0.39 is 6.10 Å². The molecule has 4 N–H and O–H groups in total. The van der Waals surface area contributed by atoms with Crippen LogP contribution in [0.2, 0.25) is 0 Å². The number of anilines is 1. The van der Waals surface area contributed by atoms with Crippen LogP contribution in [0.5, 0.6) is 5.75 Å². The van der Waals surface area contributed by atoms with Gasteiger partial charge in [0, 0.05) is 10.6 Å². The van der Waals surface area contributed by atoms with Gasteiger partial charge in [0.2, 0.25) is 0 Å². The molecule has 0 amide bonds. The third kappa shape index (κ3) is 6.74. The van der Waals surface area contributed by atoms with E-state index in [0.717, 1.165) is 22.4 Å². The Bertz CT molecular complexity index is 802. The van der Waals surface area contributed by atoms with Crippen LogP contribution in [0.25, 0.3) is 0 Å². The molecule has 2 atom stereocenters. The van der Waals surface area contributed by atoms with E-state index in [1.54, 1.807) is 19.1 Å². The molecular formula is C21H28N2O4S. The zero-order valence-electron chi connectivity index (χ0n) is 16.3. The molecule has 1 heterocycles. The largest absolute Gasteiger partial charge is 0.508 e. The molecule has 6 nitrogen and oxygen atoms in total. The molecule has 0 aliphatic carbocycles. The minimum absolute atomic E-state index is 0.197. The first kappa shape index (κ1) is 22.1. The second-order valence-corrected chi connectivity index (χ2v) is 7.98. The molecule has 2 aromatic rings. The molecule has 0 saturated heterocycles. The molecule has 0 aliphatic heterocycles. The van der Waals surface area contributed by atoms with Crippen LogP contribution in [-0.2, 0) is 12.8 Å². The quantitative estimate of drug-likeness (QED) is 0.196. The summed E-state index contributed by atoms with van der Waals surface area (Å²) in [6.07, 6.45) is 4.80. The Morgan fingerprint density at radius 3 is 2.68 bits per heavy atom. The number of aliphatic hydroxyl groups is 2. The fourth-order valence-corrected chi connectivity index (χ4v) is 3.62. The van der Waals surface area contributed by atoms with Gasteiger partial charge in [0.1, 0.15) is 5.75 Å². The van der Waals surface area contributed by atoms with Gasteiger partial charge >= 0.3 is 0 Å². The summed E-state index contributed by atoms with van der Waals surface area (Å²) in [5, 5.41) is 32.1. The van der Waals surface area contributed by atoms with Crippen molar-refractivity contribution in [1.82, 2.24) is 0 Å². The number of phenolic OH excluding ortho intramolecular Hbond substituents is 1. The molecule has 0 spiro atoms. The van der Waals surface area contributed by atoms with Crippen molar-refractivity contribution in [3.63, 3.8) is 0 Å². The fraction of sp³-hybridized carbons (Fsp3) is 0.429. The Morgan fingerprint density at radius 2 is 2.00 bits per heavy atom. The van der Waals surface area contributed by atoms with Crippen LogP contribution in [0.1, 0.15) is 53.2 Å². The number of hydrogen-bond donors (Lipinski definition) is 4. The van der Waals surface area contributed by atoms with Gasteiger partial charge in [-0.05, 0) is 68.9 Å². The second-order valence-electron chi connectivity index (χ2n) is 6.81. The molecule has 0 aliphatic rings. The third-order valence-electron chi connectivity index (χ3n) is 4.44. The molecule has 1 aromatic carbocycles. The van der Waals surface area contributed by atoms with Crippen molar-refractivity contribution in [2.45, 2.75) is 58.2 Å². The number of thiophene rings is 1. The van der Waals surface area contributed by atoms with Gasteiger partial charge in [-0.15, -0.1) is 11.3 Å². The van der Waals surface area contributed by atoms with Crippen molar-refractivity contribution in [2.75, 3.05) is 5.32 Å². The summed E-state index contributed by atoms with van der Waals surface area (Å²) < 4.78 is 0. The molecule has 2 unspecified atom stereocenters. The molecule has 0 bridgehead atoms. The molecule has 7 heteroatoms. The first-order valence-corrected chi connectivity index (χ1v) is 10.3. The molecule has 152 valence electrons. The Kier molecular flexibility index (Phi) is 8.63. The van der Waals surface area contributed by atoms with Crippen molar-refractivity contribution >= 4 is 35.3 Å². The first-order valence-electron chi connectivity index (χ1n) is 9.47. The highest BCUT2D eigenvalue weighted by atomic mass is 32.1. The van der Waals surface area contributed by atoms with Gasteiger partial charge in [-0.2, -0.15) is 0 Å². The average molecular weight is 405 g/mol. The minimum Gasteiger partial charge on any atom is -0.508 e. The second kappa shape index (κ2) is 10.9. The summed E-state index contributed by atoms with van der Waals surface area (Å²) >= 11 is 1.39. The number of benzene rings is 1. The first-order chi connectivity index (χ1) is 13.4. The van der Waals surface area contributed by atoms with Crippen molar-refractivity contribution in [3.8, 4) is 5.75 Å².